The van der Waals surface area contributed by atoms with Crippen LogP contribution in [0.1, 0.15) is 43.7 Å². The average Bonchev–Trinajstić information content (AvgIpc) is 3.00. The Morgan fingerprint density at radius 1 is 1.10 bits per heavy atom. The molecule has 2 unspecified atom stereocenters. The largest absolute Gasteiger partial charge is 0.491 e. The summed E-state index contributed by atoms with van der Waals surface area (Å²) in [6, 6.07) is 9.72. The molecule has 21 heavy (non-hydrogen) atoms. The number of fused-ring (bicyclic) bond motifs is 1. The Morgan fingerprint density at radius 2 is 1.95 bits per heavy atom. The summed E-state index contributed by atoms with van der Waals surface area (Å²) < 4.78 is 5.88. The lowest BCUT2D eigenvalue weighted by Gasteiger charge is -2.41. The monoisotopic (exact) mass is 286 g/mol. The van der Waals surface area contributed by atoms with Gasteiger partial charge in [-0.15, -0.1) is 0 Å². The average molecular weight is 286 g/mol. The molecule has 2 heterocycles. The quantitative estimate of drug-likeness (QED) is 0.904. The first-order valence-corrected chi connectivity index (χ1v) is 8.61. The lowest BCUT2D eigenvalue weighted by Crippen LogP contribution is -2.55. The van der Waals surface area contributed by atoms with Gasteiger partial charge in [0, 0.05) is 31.2 Å². The second kappa shape index (κ2) is 5.98. The maximum absolute atomic E-state index is 5.88. The Hall–Kier alpha value is -1.06. The van der Waals surface area contributed by atoms with E-state index in [0.717, 1.165) is 31.4 Å². The molecule has 1 saturated carbocycles. The second-order valence-electron chi connectivity index (χ2n) is 6.82. The molecular formula is C18H26N2O. The van der Waals surface area contributed by atoms with Crippen LogP contribution in [0.4, 0.5) is 0 Å². The van der Waals surface area contributed by atoms with Gasteiger partial charge in [0.25, 0.3) is 0 Å². The molecule has 4 rings (SSSR count). The summed E-state index contributed by atoms with van der Waals surface area (Å²) in [7, 11) is 0. The fourth-order valence-electron chi connectivity index (χ4n) is 4.39. The van der Waals surface area contributed by atoms with Gasteiger partial charge in [-0.3, -0.25) is 4.90 Å². The molecule has 2 atom stereocenters. The summed E-state index contributed by atoms with van der Waals surface area (Å²) >= 11 is 0. The van der Waals surface area contributed by atoms with Crippen LogP contribution in [0, 0.1) is 5.92 Å². The fourth-order valence-corrected chi connectivity index (χ4v) is 4.39. The van der Waals surface area contributed by atoms with E-state index in [1.807, 2.05) is 0 Å². The number of rotatable bonds is 2. The minimum absolute atomic E-state index is 0.467. The van der Waals surface area contributed by atoms with Crippen LogP contribution in [0.25, 0.3) is 0 Å². The van der Waals surface area contributed by atoms with Crippen molar-refractivity contribution in [2.75, 3.05) is 26.2 Å². The Kier molecular flexibility index (Phi) is 3.87. The van der Waals surface area contributed by atoms with Gasteiger partial charge in [0.15, 0.2) is 0 Å². The highest BCUT2D eigenvalue weighted by atomic mass is 16.5. The Labute approximate surface area is 127 Å². The molecule has 2 fully saturated rings. The number of hydrogen-bond donors (Lipinski definition) is 1. The third-order valence-electron chi connectivity index (χ3n) is 5.57. The third-order valence-corrected chi connectivity index (χ3v) is 5.57. The first-order chi connectivity index (χ1) is 10.4. The zero-order valence-electron chi connectivity index (χ0n) is 12.8. The van der Waals surface area contributed by atoms with E-state index in [0.29, 0.717) is 12.1 Å². The second-order valence-corrected chi connectivity index (χ2v) is 6.82. The number of benzene rings is 1. The Morgan fingerprint density at radius 3 is 2.86 bits per heavy atom. The molecular weight excluding hydrogens is 260 g/mol. The zero-order valence-corrected chi connectivity index (χ0v) is 12.8. The molecule has 114 valence electrons. The summed E-state index contributed by atoms with van der Waals surface area (Å²) in [4.78, 5) is 2.65. The van der Waals surface area contributed by atoms with Gasteiger partial charge in [-0.05, 0) is 24.8 Å². The lowest BCUT2D eigenvalue weighted by atomic mass is 9.83. The summed E-state index contributed by atoms with van der Waals surface area (Å²) in [6.45, 7) is 4.29. The maximum Gasteiger partial charge on any atom is 0.124 e. The van der Waals surface area contributed by atoms with Gasteiger partial charge in [0.05, 0.1) is 6.04 Å². The van der Waals surface area contributed by atoms with Gasteiger partial charge < -0.3 is 10.1 Å². The van der Waals surface area contributed by atoms with Gasteiger partial charge in [0.1, 0.15) is 12.4 Å². The van der Waals surface area contributed by atoms with Crippen LogP contribution >= 0.6 is 0 Å². The molecule has 0 amide bonds. The molecule has 0 spiro atoms. The van der Waals surface area contributed by atoms with Crippen molar-refractivity contribution in [3.8, 4) is 5.75 Å². The van der Waals surface area contributed by atoms with Crippen LogP contribution in [0.5, 0.6) is 5.75 Å². The van der Waals surface area contributed by atoms with Crippen LogP contribution in [0.3, 0.4) is 0 Å². The minimum Gasteiger partial charge on any atom is -0.491 e. The highest BCUT2D eigenvalue weighted by Gasteiger charge is 2.34. The zero-order chi connectivity index (χ0) is 14.1. The SMILES string of the molecule is c1ccc2c(c1)OCC2N1CCNC(C2CCCCC2)C1. The first-order valence-electron chi connectivity index (χ1n) is 8.61. The van der Waals surface area contributed by atoms with Crippen LogP contribution in [0.15, 0.2) is 24.3 Å². The van der Waals surface area contributed by atoms with Crippen molar-refractivity contribution in [3.05, 3.63) is 29.8 Å². The molecule has 3 nitrogen and oxygen atoms in total. The molecule has 2 aliphatic heterocycles. The van der Waals surface area contributed by atoms with E-state index >= 15 is 0 Å². The third kappa shape index (κ3) is 2.69. The normalized spacial score (nSPS) is 30.9. The van der Waals surface area contributed by atoms with Crippen molar-refractivity contribution < 1.29 is 4.74 Å². The molecule has 0 aromatic heterocycles. The summed E-state index contributed by atoms with van der Waals surface area (Å²) in [5, 5.41) is 3.78. The first kappa shape index (κ1) is 13.6. The minimum atomic E-state index is 0.467. The highest BCUT2D eigenvalue weighted by Crippen LogP contribution is 2.37. The standard InChI is InChI=1S/C18H26N2O/c1-2-6-14(7-3-1)16-12-20(11-10-19-16)17-13-21-18-9-5-4-8-15(17)18/h4-5,8-9,14,16-17,19H,1-3,6-7,10-13H2. The molecule has 1 saturated heterocycles. The number of piperazine rings is 1. The summed E-state index contributed by atoms with van der Waals surface area (Å²) in [5.74, 6) is 1.98. The van der Waals surface area contributed by atoms with E-state index < -0.39 is 0 Å². The van der Waals surface area contributed by atoms with Crippen molar-refractivity contribution in [1.82, 2.24) is 10.2 Å². The van der Waals surface area contributed by atoms with Crippen LogP contribution in [0.2, 0.25) is 0 Å². The predicted molar refractivity (Wildman–Crippen MR) is 84.6 cm³/mol. The molecule has 3 aliphatic rings. The van der Waals surface area contributed by atoms with E-state index in [1.54, 1.807) is 0 Å². The van der Waals surface area contributed by atoms with E-state index in [4.69, 9.17) is 4.74 Å². The maximum atomic E-state index is 5.88. The summed E-state index contributed by atoms with van der Waals surface area (Å²) in [6.07, 6.45) is 7.14. The van der Waals surface area contributed by atoms with E-state index in [-0.39, 0.29) is 0 Å². The molecule has 1 aromatic carbocycles. The molecule has 1 aromatic rings. The Bertz CT molecular complexity index is 484. The molecule has 1 aliphatic carbocycles. The topological polar surface area (TPSA) is 24.5 Å². The molecule has 0 bridgehead atoms. The molecule has 3 heteroatoms. The number of para-hydroxylation sites is 1. The van der Waals surface area contributed by atoms with Crippen LogP contribution in [-0.4, -0.2) is 37.2 Å². The van der Waals surface area contributed by atoms with E-state index in [2.05, 4.69) is 34.5 Å². The smallest absolute Gasteiger partial charge is 0.124 e. The Balaban J connectivity index is 1.46. The van der Waals surface area contributed by atoms with Gasteiger partial charge in [-0.2, -0.15) is 0 Å². The molecule has 0 radical (unpaired) electrons. The van der Waals surface area contributed by atoms with Gasteiger partial charge in [-0.25, -0.2) is 0 Å². The van der Waals surface area contributed by atoms with Crippen LogP contribution in [-0.2, 0) is 0 Å². The number of hydrogen-bond acceptors (Lipinski definition) is 3. The van der Waals surface area contributed by atoms with Crippen molar-refractivity contribution >= 4 is 0 Å². The number of nitrogens with one attached hydrogen (secondary N) is 1. The summed E-state index contributed by atoms with van der Waals surface area (Å²) in [5.41, 5.74) is 1.39. The molecule has 1 N–H and O–H groups in total. The van der Waals surface area contributed by atoms with Crippen molar-refractivity contribution in [3.63, 3.8) is 0 Å². The van der Waals surface area contributed by atoms with E-state index in [9.17, 15) is 0 Å². The van der Waals surface area contributed by atoms with Crippen molar-refractivity contribution in [2.24, 2.45) is 5.92 Å². The van der Waals surface area contributed by atoms with Gasteiger partial charge >= 0.3 is 0 Å². The van der Waals surface area contributed by atoms with Crippen molar-refractivity contribution in [2.45, 2.75) is 44.2 Å². The highest BCUT2D eigenvalue weighted by molar-refractivity contribution is 5.39. The van der Waals surface area contributed by atoms with Gasteiger partial charge in [-0.1, -0.05) is 37.5 Å². The number of ether oxygens (including phenoxy) is 1. The lowest BCUT2D eigenvalue weighted by molar-refractivity contribution is 0.0951. The number of nitrogens with zero attached hydrogens (tertiary/aromatic N) is 1. The van der Waals surface area contributed by atoms with Gasteiger partial charge in [0.2, 0.25) is 0 Å². The van der Waals surface area contributed by atoms with E-state index in [1.165, 1.54) is 44.2 Å². The van der Waals surface area contributed by atoms with Crippen LogP contribution < -0.4 is 10.1 Å². The fraction of sp³-hybridized carbons (Fsp3) is 0.667. The van der Waals surface area contributed by atoms with Crippen molar-refractivity contribution in [1.29, 1.82) is 0 Å². The predicted octanol–water partition coefficient (Wildman–Crippen LogP) is 2.97.